The van der Waals surface area contributed by atoms with Crippen LogP contribution in [0.5, 0.6) is 0 Å². The molecule has 0 saturated carbocycles. The second-order valence-electron chi connectivity index (χ2n) is 5.00. The lowest BCUT2D eigenvalue weighted by Crippen LogP contribution is -2.47. The fourth-order valence-corrected chi connectivity index (χ4v) is 2.20. The Morgan fingerprint density at radius 1 is 1.50 bits per heavy atom. The van der Waals surface area contributed by atoms with Crippen LogP contribution in [0.15, 0.2) is 12.4 Å². The van der Waals surface area contributed by atoms with Gasteiger partial charge in [0, 0.05) is 39.0 Å². The average Bonchev–Trinajstić information content (AvgIpc) is 2.47. The molecule has 0 spiro atoms. The van der Waals surface area contributed by atoms with Crippen molar-refractivity contribution in [2.45, 2.75) is 32.8 Å². The van der Waals surface area contributed by atoms with E-state index in [2.05, 4.69) is 22.2 Å². The van der Waals surface area contributed by atoms with Gasteiger partial charge < -0.3 is 15.0 Å². The van der Waals surface area contributed by atoms with Crippen LogP contribution in [0.2, 0.25) is 0 Å². The molecule has 0 bridgehead atoms. The number of carbonyl (C=O) groups is 1. The molecule has 2 rings (SSSR count). The number of nitrogens with zero attached hydrogens (tertiary/aromatic N) is 3. The van der Waals surface area contributed by atoms with Crippen molar-refractivity contribution in [3.8, 4) is 0 Å². The Balaban J connectivity index is 1.80. The van der Waals surface area contributed by atoms with Crippen molar-refractivity contribution in [1.82, 2.24) is 14.9 Å². The zero-order valence-electron chi connectivity index (χ0n) is 12.1. The van der Waals surface area contributed by atoms with Crippen molar-refractivity contribution in [3.05, 3.63) is 18.0 Å². The molecular formula is C14H22N4O2. The van der Waals surface area contributed by atoms with Crippen molar-refractivity contribution >= 4 is 11.9 Å². The number of anilines is 1. The lowest BCUT2D eigenvalue weighted by Gasteiger charge is -2.32. The van der Waals surface area contributed by atoms with Gasteiger partial charge in [-0.05, 0) is 12.0 Å². The molecule has 1 fully saturated rings. The van der Waals surface area contributed by atoms with Gasteiger partial charge in [0.05, 0.1) is 12.7 Å². The van der Waals surface area contributed by atoms with Crippen LogP contribution in [-0.4, -0.2) is 53.1 Å². The third-order valence-corrected chi connectivity index (χ3v) is 3.32. The third-order valence-electron chi connectivity index (χ3n) is 3.32. The molecule has 20 heavy (non-hydrogen) atoms. The van der Waals surface area contributed by atoms with Gasteiger partial charge in [0.1, 0.15) is 0 Å². The minimum Gasteiger partial charge on any atom is -0.373 e. The van der Waals surface area contributed by atoms with Gasteiger partial charge in [-0.2, -0.15) is 0 Å². The van der Waals surface area contributed by atoms with E-state index in [1.807, 2.05) is 12.4 Å². The Bertz CT molecular complexity index is 435. The van der Waals surface area contributed by atoms with Crippen molar-refractivity contribution in [2.75, 3.05) is 31.6 Å². The van der Waals surface area contributed by atoms with Crippen LogP contribution >= 0.6 is 0 Å². The zero-order valence-corrected chi connectivity index (χ0v) is 12.1. The summed E-state index contributed by atoms with van der Waals surface area (Å²) in [6, 6.07) is 0. The van der Waals surface area contributed by atoms with Crippen LogP contribution in [0.3, 0.4) is 0 Å². The van der Waals surface area contributed by atoms with Gasteiger partial charge in [-0.1, -0.05) is 13.3 Å². The summed E-state index contributed by atoms with van der Waals surface area (Å²) in [5, 5.41) is 3.16. The maximum atomic E-state index is 11.3. The Morgan fingerprint density at radius 3 is 2.90 bits per heavy atom. The number of amides is 1. The number of ether oxygens (including phenoxy) is 1. The predicted molar refractivity (Wildman–Crippen MR) is 76.5 cm³/mol. The van der Waals surface area contributed by atoms with Crippen LogP contribution in [0.4, 0.5) is 5.95 Å². The summed E-state index contributed by atoms with van der Waals surface area (Å²) in [5.74, 6) is 0.701. The zero-order chi connectivity index (χ0) is 14.4. The molecule has 1 aromatic rings. The molecule has 1 saturated heterocycles. The minimum absolute atomic E-state index is 0.00781. The highest BCUT2D eigenvalue weighted by Crippen LogP contribution is 2.07. The van der Waals surface area contributed by atoms with E-state index in [-0.39, 0.29) is 12.0 Å². The summed E-state index contributed by atoms with van der Waals surface area (Å²) >= 11 is 0. The predicted octanol–water partition coefficient (Wildman–Crippen LogP) is 1.09. The van der Waals surface area contributed by atoms with Gasteiger partial charge in [0.25, 0.3) is 0 Å². The van der Waals surface area contributed by atoms with Crippen LogP contribution in [-0.2, 0) is 16.0 Å². The first-order valence-electron chi connectivity index (χ1n) is 7.11. The van der Waals surface area contributed by atoms with Crippen LogP contribution in [0.1, 0.15) is 25.8 Å². The number of rotatable bonds is 5. The first-order valence-corrected chi connectivity index (χ1v) is 7.11. The average molecular weight is 278 g/mol. The lowest BCUT2D eigenvalue weighted by atomic mass is 10.2. The summed E-state index contributed by atoms with van der Waals surface area (Å²) in [4.78, 5) is 21.7. The maximum Gasteiger partial charge on any atom is 0.222 e. The van der Waals surface area contributed by atoms with Crippen molar-refractivity contribution < 1.29 is 9.53 Å². The normalized spacial score (nSPS) is 18.9. The first-order chi connectivity index (χ1) is 9.69. The minimum atomic E-state index is -0.00781. The quantitative estimate of drug-likeness (QED) is 0.873. The Morgan fingerprint density at radius 2 is 2.25 bits per heavy atom. The van der Waals surface area contributed by atoms with Gasteiger partial charge in [0.2, 0.25) is 11.9 Å². The molecule has 2 heterocycles. The summed E-state index contributed by atoms with van der Waals surface area (Å²) in [7, 11) is 0. The smallest absolute Gasteiger partial charge is 0.222 e. The highest BCUT2D eigenvalue weighted by Gasteiger charge is 2.21. The van der Waals surface area contributed by atoms with Gasteiger partial charge >= 0.3 is 0 Å². The summed E-state index contributed by atoms with van der Waals surface area (Å²) in [6.07, 6.45) is 5.78. The van der Waals surface area contributed by atoms with Crippen LogP contribution in [0.25, 0.3) is 0 Å². The van der Waals surface area contributed by atoms with Crippen molar-refractivity contribution in [1.29, 1.82) is 0 Å². The maximum absolute atomic E-state index is 11.3. The second-order valence-corrected chi connectivity index (χ2v) is 5.00. The monoisotopic (exact) mass is 278 g/mol. The standard InChI is InChI=1S/C14H22N4O2/c1-3-4-12-7-15-14(16-8-12)17-9-13-10-18(11(2)19)5-6-20-13/h7-8,13H,3-6,9-10H2,1-2H3,(H,15,16,17)/t13-/m1/s1. The van der Waals surface area contributed by atoms with E-state index in [1.54, 1.807) is 11.8 Å². The molecule has 6 nitrogen and oxygen atoms in total. The van der Waals surface area contributed by atoms with E-state index in [0.717, 1.165) is 18.4 Å². The van der Waals surface area contributed by atoms with Gasteiger partial charge in [-0.3, -0.25) is 4.79 Å². The van der Waals surface area contributed by atoms with E-state index < -0.39 is 0 Å². The van der Waals surface area contributed by atoms with Crippen LogP contribution in [0, 0.1) is 0 Å². The van der Waals surface area contributed by atoms with E-state index in [9.17, 15) is 4.79 Å². The second kappa shape index (κ2) is 7.19. The number of nitrogens with one attached hydrogen (secondary N) is 1. The number of morpholine rings is 1. The number of aryl methyl sites for hydroxylation is 1. The van der Waals surface area contributed by atoms with Crippen molar-refractivity contribution in [3.63, 3.8) is 0 Å². The molecule has 1 atom stereocenters. The summed E-state index contributed by atoms with van der Waals surface area (Å²) in [6.45, 7) is 6.21. The molecule has 1 aliphatic rings. The van der Waals surface area contributed by atoms with Gasteiger partial charge in [-0.25, -0.2) is 9.97 Å². The fourth-order valence-electron chi connectivity index (χ4n) is 2.20. The molecule has 6 heteroatoms. The molecule has 1 N–H and O–H groups in total. The van der Waals surface area contributed by atoms with E-state index in [4.69, 9.17) is 4.74 Å². The molecule has 0 unspecified atom stereocenters. The molecule has 0 radical (unpaired) electrons. The van der Waals surface area contributed by atoms with E-state index in [1.165, 1.54) is 0 Å². The fraction of sp³-hybridized carbons (Fsp3) is 0.643. The number of hydrogen-bond acceptors (Lipinski definition) is 5. The molecule has 110 valence electrons. The van der Waals surface area contributed by atoms with Crippen LogP contribution < -0.4 is 5.32 Å². The molecule has 0 aromatic carbocycles. The number of aromatic nitrogens is 2. The topological polar surface area (TPSA) is 67.4 Å². The first kappa shape index (κ1) is 14.7. The number of carbonyl (C=O) groups excluding carboxylic acids is 1. The summed E-state index contributed by atoms with van der Waals surface area (Å²) in [5.41, 5.74) is 1.15. The Kier molecular flexibility index (Phi) is 5.29. The highest BCUT2D eigenvalue weighted by molar-refractivity contribution is 5.73. The Hall–Kier alpha value is -1.69. The molecule has 1 aliphatic heterocycles. The van der Waals surface area contributed by atoms with Gasteiger partial charge in [-0.15, -0.1) is 0 Å². The van der Waals surface area contributed by atoms with Crippen molar-refractivity contribution in [2.24, 2.45) is 0 Å². The molecule has 1 amide bonds. The molecule has 1 aromatic heterocycles. The largest absolute Gasteiger partial charge is 0.373 e. The van der Waals surface area contributed by atoms with E-state index >= 15 is 0 Å². The molecule has 0 aliphatic carbocycles. The number of hydrogen-bond donors (Lipinski definition) is 1. The van der Waals surface area contributed by atoms with Gasteiger partial charge in [0.15, 0.2) is 0 Å². The third kappa shape index (κ3) is 4.16. The highest BCUT2D eigenvalue weighted by atomic mass is 16.5. The SMILES string of the molecule is CCCc1cnc(NC[C@@H]2CN(C(C)=O)CCO2)nc1. The molecular weight excluding hydrogens is 256 g/mol. The summed E-state index contributed by atoms with van der Waals surface area (Å²) < 4.78 is 5.63. The Labute approximate surface area is 119 Å². The van der Waals surface area contributed by atoms with E-state index in [0.29, 0.717) is 32.2 Å². The lowest BCUT2D eigenvalue weighted by molar-refractivity contribution is -0.135.